The number of aliphatic imine (C=N–C) groups is 1. The molecule has 1 aliphatic rings. The van der Waals surface area contributed by atoms with Gasteiger partial charge in [-0.15, -0.1) is 0 Å². The maximum atomic E-state index is 11.8. The third-order valence-corrected chi connectivity index (χ3v) is 5.02. The number of allylic oxidation sites excluding steroid dienone is 1. The van der Waals surface area contributed by atoms with Crippen molar-refractivity contribution in [1.29, 1.82) is 5.26 Å². The van der Waals surface area contributed by atoms with Crippen LogP contribution in [0.25, 0.3) is 0 Å². The molecule has 1 aliphatic heterocycles. The van der Waals surface area contributed by atoms with E-state index in [9.17, 15) is 9.90 Å². The highest BCUT2D eigenvalue weighted by molar-refractivity contribution is 8.00. The minimum atomic E-state index is -0.942. The van der Waals surface area contributed by atoms with E-state index in [1.54, 1.807) is 36.9 Å². The summed E-state index contributed by atoms with van der Waals surface area (Å²) in [5, 5.41) is 18.7. The Morgan fingerprint density at radius 1 is 1.45 bits per heavy atom. The lowest BCUT2D eigenvalue weighted by atomic mass is 9.83. The minimum Gasteiger partial charge on any atom is -0.478 e. The van der Waals surface area contributed by atoms with Crippen molar-refractivity contribution in [3.63, 3.8) is 0 Å². The number of thioether (sulfide) groups is 1. The monoisotopic (exact) mass is 314 g/mol. The highest BCUT2D eigenvalue weighted by Gasteiger charge is 2.36. The van der Waals surface area contributed by atoms with Crippen LogP contribution in [0.5, 0.6) is 0 Å². The SMILES string of the molecule is CCSC1C(C)=NC(C)=C(C(=O)O)C1c1cccc(C#N)c1. The molecule has 0 bridgehead atoms. The Bertz CT molecular complexity index is 701. The van der Waals surface area contributed by atoms with Gasteiger partial charge in [-0.05, 0) is 37.3 Å². The van der Waals surface area contributed by atoms with Crippen LogP contribution in [-0.4, -0.2) is 27.8 Å². The molecule has 2 atom stereocenters. The fraction of sp³-hybridized carbons (Fsp3) is 0.353. The molecule has 0 radical (unpaired) electrons. The number of hydrogen-bond donors (Lipinski definition) is 1. The number of aliphatic carboxylic acids is 1. The summed E-state index contributed by atoms with van der Waals surface area (Å²) in [5.74, 6) is -0.353. The van der Waals surface area contributed by atoms with Crippen LogP contribution in [0.1, 0.15) is 37.8 Å². The first kappa shape index (κ1) is 16.3. The number of hydrogen-bond acceptors (Lipinski definition) is 4. The molecule has 0 saturated heterocycles. The molecule has 1 aromatic rings. The third-order valence-electron chi connectivity index (χ3n) is 3.71. The van der Waals surface area contributed by atoms with E-state index in [4.69, 9.17) is 5.26 Å². The molecule has 2 rings (SSSR count). The zero-order chi connectivity index (χ0) is 16.3. The Hall–Kier alpha value is -2.06. The predicted octanol–water partition coefficient (Wildman–Crippen LogP) is 3.60. The van der Waals surface area contributed by atoms with Crippen LogP contribution in [0, 0.1) is 11.3 Å². The molecule has 5 heteroatoms. The smallest absolute Gasteiger partial charge is 0.334 e. The van der Waals surface area contributed by atoms with E-state index in [1.165, 1.54) is 0 Å². The van der Waals surface area contributed by atoms with Gasteiger partial charge in [-0.3, -0.25) is 4.99 Å². The van der Waals surface area contributed by atoms with E-state index in [0.717, 1.165) is 17.0 Å². The second-order valence-corrected chi connectivity index (χ2v) is 6.57. The maximum Gasteiger partial charge on any atom is 0.334 e. The van der Waals surface area contributed by atoms with Crippen molar-refractivity contribution < 1.29 is 9.90 Å². The van der Waals surface area contributed by atoms with Gasteiger partial charge in [0.25, 0.3) is 0 Å². The molecule has 0 fully saturated rings. The standard InChI is InChI=1S/C17H18N2O2S/c1-4-22-16-11(3)19-10(2)14(17(20)21)15(16)13-7-5-6-12(8-13)9-18/h5-8,15-16H,4H2,1-3H3,(H,20,21). The van der Waals surface area contributed by atoms with Crippen LogP contribution < -0.4 is 0 Å². The molecule has 1 heterocycles. The van der Waals surface area contributed by atoms with Gasteiger partial charge in [-0.1, -0.05) is 19.1 Å². The molecule has 0 saturated carbocycles. The van der Waals surface area contributed by atoms with Crippen molar-refractivity contribution in [1.82, 2.24) is 0 Å². The van der Waals surface area contributed by atoms with Crippen LogP contribution >= 0.6 is 11.8 Å². The topological polar surface area (TPSA) is 73.4 Å². The Labute approximate surface area is 134 Å². The van der Waals surface area contributed by atoms with E-state index >= 15 is 0 Å². The van der Waals surface area contributed by atoms with E-state index in [2.05, 4.69) is 11.1 Å². The lowest BCUT2D eigenvalue weighted by Crippen LogP contribution is -2.32. The largest absolute Gasteiger partial charge is 0.478 e. The number of carboxylic acids is 1. The fourth-order valence-electron chi connectivity index (χ4n) is 2.83. The van der Waals surface area contributed by atoms with Crippen molar-refractivity contribution in [2.24, 2.45) is 4.99 Å². The van der Waals surface area contributed by atoms with Crippen molar-refractivity contribution in [2.45, 2.75) is 31.9 Å². The van der Waals surface area contributed by atoms with E-state index in [0.29, 0.717) is 16.8 Å². The molecule has 22 heavy (non-hydrogen) atoms. The number of carbonyl (C=O) groups is 1. The lowest BCUT2D eigenvalue weighted by molar-refractivity contribution is -0.133. The Morgan fingerprint density at radius 2 is 2.18 bits per heavy atom. The van der Waals surface area contributed by atoms with Gasteiger partial charge < -0.3 is 5.11 Å². The first-order valence-electron chi connectivity index (χ1n) is 7.10. The minimum absolute atomic E-state index is 0.0197. The van der Waals surface area contributed by atoms with E-state index < -0.39 is 5.97 Å². The third kappa shape index (κ3) is 3.07. The van der Waals surface area contributed by atoms with Gasteiger partial charge >= 0.3 is 5.97 Å². The van der Waals surface area contributed by atoms with Crippen molar-refractivity contribution in [2.75, 3.05) is 5.75 Å². The molecule has 0 aromatic heterocycles. The maximum absolute atomic E-state index is 11.8. The summed E-state index contributed by atoms with van der Waals surface area (Å²) in [5.41, 5.74) is 3.20. The molecule has 1 aromatic carbocycles. The normalized spacial score (nSPS) is 21.3. The van der Waals surface area contributed by atoms with Gasteiger partial charge in [0.05, 0.1) is 22.5 Å². The van der Waals surface area contributed by atoms with Crippen LogP contribution in [0.2, 0.25) is 0 Å². The average Bonchev–Trinajstić information content (AvgIpc) is 2.49. The van der Waals surface area contributed by atoms with Crippen LogP contribution in [0.4, 0.5) is 0 Å². The summed E-state index contributed by atoms with van der Waals surface area (Å²) in [6.07, 6.45) is 0. The Balaban J connectivity index is 2.61. The van der Waals surface area contributed by atoms with Gasteiger partial charge in [0, 0.05) is 17.3 Å². The second kappa shape index (κ2) is 6.80. The van der Waals surface area contributed by atoms with E-state index in [-0.39, 0.29) is 11.2 Å². The van der Waals surface area contributed by atoms with Crippen LogP contribution in [-0.2, 0) is 4.79 Å². The molecule has 0 aliphatic carbocycles. The van der Waals surface area contributed by atoms with E-state index in [1.807, 2.05) is 19.9 Å². The van der Waals surface area contributed by atoms with Crippen molar-refractivity contribution in [3.8, 4) is 6.07 Å². The zero-order valence-corrected chi connectivity index (χ0v) is 13.6. The second-order valence-electron chi connectivity index (χ2n) is 5.15. The van der Waals surface area contributed by atoms with Gasteiger partial charge in [-0.2, -0.15) is 17.0 Å². The molecule has 2 unspecified atom stereocenters. The highest BCUT2D eigenvalue weighted by atomic mass is 32.2. The molecule has 1 N–H and O–H groups in total. The summed E-state index contributed by atoms with van der Waals surface area (Å²) in [6.45, 7) is 5.73. The first-order valence-corrected chi connectivity index (χ1v) is 8.15. The molecule has 0 spiro atoms. The number of rotatable bonds is 4. The van der Waals surface area contributed by atoms with Crippen LogP contribution in [0.3, 0.4) is 0 Å². The van der Waals surface area contributed by atoms with Crippen molar-refractivity contribution >= 4 is 23.4 Å². The van der Waals surface area contributed by atoms with Gasteiger partial charge in [0.1, 0.15) is 0 Å². The molecular formula is C17H18N2O2S. The van der Waals surface area contributed by atoms with Crippen molar-refractivity contribution in [3.05, 3.63) is 46.7 Å². The molecular weight excluding hydrogens is 296 g/mol. The highest BCUT2D eigenvalue weighted by Crippen LogP contribution is 2.40. The average molecular weight is 314 g/mol. The fourth-order valence-corrected chi connectivity index (χ4v) is 3.97. The first-order chi connectivity index (χ1) is 10.5. The van der Waals surface area contributed by atoms with Gasteiger partial charge in [0.2, 0.25) is 0 Å². The summed E-state index contributed by atoms with van der Waals surface area (Å²) in [6, 6.07) is 9.32. The van der Waals surface area contributed by atoms with Gasteiger partial charge in [-0.25, -0.2) is 4.79 Å². The van der Waals surface area contributed by atoms with Crippen LogP contribution in [0.15, 0.2) is 40.5 Å². The Morgan fingerprint density at radius 3 is 2.77 bits per heavy atom. The number of nitrogens with zero attached hydrogens (tertiary/aromatic N) is 2. The molecule has 114 valence electrons. The summed E-state index contributed by atoms with van der Waals surface area (Å²) >= 11 is 1.69. The Kier molecular flexibility index (Phi) is 5.04. The number of benzene rings is 1. The zero-order valence-electron chi connectivity index (χ0n) is 12.8. The number of carboxylic acid groups (broad SMARTS) is 1. The molecule has 4 nitrogen and oxygen atoms in total. The number of nitriles is 1. The predicted molar refractivity (Wildman–Crippen MR) is 89.3 cm³/mol. The van der Waals surface area contributed by atoms with Gasteiger partial charge in [0.15, 0.2) is 0 Å². The quantitative estimate of drug-likeness (QED) is 0.921. The summed E-state index contributed by atoms with van der Waals surface area (Å²) in [7, 11) is 0. The molecule has 0 amide bonds. The summed E-state index contributed by atoms with van der Waals surface area (Å²) < 4.78 is 0. The summed E-state index contributed by atoms with van der Waals surface area (Å²) in [4.78, 5) is 16.2. The lowest BCUT2D eigenvalue weighted by Gasteiger charge is -2.31.